The van der Waals surface area contributed by atoms with Gasteiger partial charge >= 0.3 is 5.97 Å². The van der Waals surface area contributed by atoms with Crippen molar-refractivity contribution in [2.45, 2.75) is 26.2 Å². The van der Waals surface area contributed by atoms with Crippen molar-refractivity contribution in [1.29, 1.82) is 0 Å². The number of halogens is 1. The molecule has 1 heterocycles. The van der Waals surface area contributed by atoms with Crippen LogP contribution in [0.5, 0.6) is 0 Å². The molecule has 19 heavy (non-hydrogen) atoms. The third-order valence-corrected chi connectivity index (χ3v) is 3.67. The maximum absolute atomic E-state index is 13.2. The fraction of sp³-hybridized carbons (Fsp3) is 0.533. The molecule has 1 aliphatic carbocycles. The molecule has 1 fully saturated rings. The summed E-state index contributed by atoms with van der Waals surface area (Å²) in [6.45, 7) is 3.11. The normalized spacial score (nSPS) is 28.7. The molecule has 0 aromatic carbocycles. The molecule has 0 saturated carbocycles. The second-order valence-corrected chi connectivity index (χ2v) is 5.05. The zero-order chi connectivity index (χ0) is 13.9. The van der Waals surface area contributed by atoms with Gasteiger partial charge in [-0.15, -0.1) is 0 Å². The SMILES string of the molecule is CCOC(=O)C1(C=C2CCCN2C)C=CC(F)=CC1. The minimum absolute atomic E-state index is 0.293. The van der Waals surface area contributed by atoms with Crippen LogP contribution in [0.15, 0.2) is 35.8 Å². The molecule has 2 aliphatic rings. The van der Waals surface area contributed by atoms with Gasteiger partial charge in [-0.05, 0) is 44.4 Å². The van der Waals surface area contributed by atoms with Crippen molar-refractivity contribution in [1.82, 2.24) is 4.90 Å². The van der Waals surface area contributed by atoms with Gasteiger partial charge < -0.3 is 9.64 Å². The number of hydrogen-bond acceptors (Lipinski definition) is 3. The molecular formula is C15H20FNO2. The van der Waals surface area contributed by atoms with Gasteiger partial charge in [0.1, 0.15) is 11.2 Å². The zero-order valence-electron chi connectivity index (χ0n) is 11.5. The lowest BCUT2D eigenvalue weighted by molar-refractivity contribution is -0.150. The number of likely N-dealkylation sites (tertiary alicyclic amines) is 1. The summed E-state index contributed by atoms with van der Waals surface area (Å²) in [6.07, 6.45) is 8.74. The summed E-state index contributed by atoms with van der Waals surface area (Å²) in [5, 5.41) is 0. The number of rotatable bonds is 3. The van der Waals surface area contributed by atoms with Crippen molar-refractivity contribution in [2.24, 2.45) is 5.41 Å². The topological polar surface area (TPSA) is 29.5 Å². The Labute approximate surface area is 113 Å². The lowest BCUT2D eigenvalue weighted by atomic mass is 9.80. The molecule has 1 atom stereocenters. The Kier molecular flexibility index (Phi) is 4.08. The first-order chi connectivity index (χ1) is 9.07. The van der Waals surface area contributed by atoms with E-state index < -0.39 is 5.41 Å². The van der Waals surface area contributed by atoms with Crippen molar-refractivity contribution in [3.8, 4) is 0 Å². The van der Waals surface area contributed by atoms with Crippen molar-refractivity contribution < 1.29 is 13.9 Å². The maximum atomic E-state index is 13.2. The molecule has 0 spiro atoms. The molecule has 1 unspecified atom stereocenters. The summed E-state index contributed by atoms with van der Waals surface area (Å²) in [6, 6.07) is 0. The van der Waals surface area contributed by atoms with Gasteiger partial charge in [0.25, 0.3) is 0 Å². The van der Waals surface area contributed by atoms with Crippen LogP contribution >= 0.6 is 0 Å². The van der Waals surface area contributed by atoms with Crippen LogP contribution in [-0.2, 0) is 9.53 Å². The average molecular weight is 265 g/mol. The van der Waals surface area contributed by atoms with E-state index in [0.717, 1.165) is 25.1 Å². The van der Waals surface area contributed by atoms with Gasteiger partial charge in [-0.3, -0.25) is 4.79 Å². The summed E-state index contributed by atoms with van der Waals surface area (Å²) in [4.78, 5) is 14.4. The summed E-state index contributed by atoms with van der Waals surface area (Å²) < 4.78 is 18.3. The number of carbonyl (C=O) groups excluding carboxylic acids is 1. The smallest absolute Gasteiger partial charge is 0.320 e. The molecule has 0 radical (unpaired) electrons. The molecule has 2 rings (SSSR count). The van der Waals surface area contributed by atoms with E-state index in [2.05, 4.69) is 4.90 Å². The van der Waals surface area contributed by atoms with Gasteiger partial charge in [0.15, 0.2) is 0 Å². The molecule has 4 heteroatoms. The summed E-state index contributed by atoms with van der Waals surface area (Å²) in [5.74, 6) is -0.596. The van der Waals surface area contributed by atoms with Gasteiger partial charge in [0.2, 0.25) is 0 Å². The maximum Gasteiger partial charge on any atom is 0.320 e. The number of nitrogens with zero attached hydrogens (tertiary/aromatic N) is 1. The molecule has 0 amide bonds. The molecule has 1 aliphatic heterocycles. The minimum atomic E-state index is -0.848. The van der Waals surface area contributed by atoms with Crippen molar-refractivity contribution in [3.63, 3.8) is 0 Å². The van der Waals surface area contributed by atoms with Gasteiger partial charge in [-0.1, -0.05) is 6.08 Å². The van der Waals surface area contributed by atoms with E-state index in [9.17, 15) is 9.18 Å². The van der Waals surface area contributed by atoms with E-state index in [1.165, 1.54) is 12.2 Å². The second-order valence-electron chi connectivity index (χ2n) is 5.05. The Morgan fingerprint density at radius 3 is 2.95 bits per heavy atom. The second kappa shape index (κ2) is 5.59. The Balaban J connectivity index is 2.30. The van der Waals surface area contributed by atoms with Gasteiger partial charge in [0, 0.05) is 19.3 Å². The first-order valence-electron chi connectivity index (χ1n) is 6.72. The average Bonchev–Trinajstić information content (AvgIpc) is 2.78. The van der Waals surface area contributed by atoms with Crippen LogP contribution in [-0.4, -0.2) is 31.1 Å². The summed E-state index contributed by atoms with van der Waals surface area (Å²) in [5.41, 5.74) is 0.285. The first kappa shape index (κ1) is 13.8. The lowest BCUT2D eigenvalue weighted by Crippen LogP contribution is -2.31. The minimum Gasteiger partial charge on any atom is -0.465 e. The van der Waals surface area contributed by atoms with Crippen LogP contribution in [0.25, 0.3) is 0 Å². The molecule has 1 saturated heterocycles. The predicted octanol–water partition coefficient (Wildman–Crippen LogP) is 2.96. The van der Waals surface area contributed by atoms with E-state index >= 15 is 0 Å². The Bertz CT molecular complexity index is 453. The summed E-state index contributed by atoms with van der Waals surface area (Å²) in [7, 11) is 2.01. The monoisotopic (exact) mass is 265 g/mol. The highest BCUT2D eigenvalue weighted by atomic mass is 19.1. The third kappa shape index (κ3) is 2.88. The van der Waals surface area contributed by atoms with Crippen LogP contribution in [0.1, 0.15) is 26.2 Å². The quantitative estimate of drug-likeness (QED) is 0.735. The van der Waals surface area contributed by atoms with Crippen molar-refractivity contribution in [3.05, 3.63) is 35.8 Å². The standard InChI is InChI=1S/C15H20FNO2/c1-3-19-14(18)15(8-6-12(16)7-9-15)11-13-5-4-10-17(13)2/h6-8,11H,3-5,9-10H2,1-2H3. The highest BCUT2D eigenvalue weighted by Crippen LogP contribution is 2.36. The van der Waals surface area contributed by atoms with Crippen LogP contribution in [0.4, 0.5) is 4.39 Å². The first-order valence-corrected chi connectivity index (χ1v) is 6.72. The molecule has 0 aromatic rings. The van der Waals surface area contributed by atoms with Crippen molar-refractivity contribution >= 4 is 5.97 Å². The van der Waals surface area contributed by atoms with Crippen LogP contribution in [0.2, 0.25) is 0 Å². The number of allylic oxidation sites excluding steroid dienone is 4. The Morgan fingerprint density at radius 1 is 1.63 bits per heavy atom. The van der Waals surface area contributed by atoms with E-state index in [0.29, 0.717) is 13.0 Å². The molecule has 0 bridgehead atoms. The highest BCUT2D eigenvalue weighted by Gasteiger charge is 2.37. The van der Waals surface area contributed by atoms with Crippen LogP contribution in [0.3, 0.4) is 0 Å². The van der Waals surface area contributed by atoms with Gasteiger partial charge in [0.05, 0.1) is 6.61 Å². The third-order valence-electron chi connectivity index (χ3n) is 3.67. The lowest BCUT2D eigenvalue weighted by Gasteiger charge is -2.28. The number of ether oxygens (including phenoxy) is 1. The van der Waals surface area contributed by atoms with Gasteiger partial charge in [-0.2, -0.15) is 0 Å². The highest BCUT2D eigenvalue weighted by molar-refractivity contribution is 5.82. The predicted molar refractivity (Wildman–Crippen MR) is 72.0 cm³/mol. The Hall–Kier alpha value is -1.58. The van der Waals surface area contributed by atoms with Crippen LogP contribution < -0.4 is 0 Å². The molecule has 0 aromatic heterocycles. The molecule has 3 nitrogen and oxygen atoms in total. The fourth-order valence-electron chi connectivity index (χ4n) is 2.53. The molecule has 104 valence electrons. The van der Waals surface area contributed by atoms with E-state index in [1.807, 2.05) is 13.1 Å². The summed E-state index contributed by atoms with van der Waals surface area (Å²) >= 11 is 0. The number of carbonyl (C=O) groups is 1. The Morgan fingerprint density at radius 2 is 2.42 bits per heavy atom. The largest absolute Gasteiger partial charge is 0.465 e. The van der Waals surface area contributed by atoms with E-state index in [1.54, 1.807) is 13.0 Å². The fourth-order valence-corrected chi connectivity index (χ4v) is 2.53. The van der Waals surface area contributed by atoms with Gasteiger partial charge in [-0.25, -0.2) is 4.39 Å². The number of hydrogen-bond donors (Lipinski definition) is 0. The van der Waals surface area contributed by atoms with E-state index in [4.69, 9.17) is 4.74 Å². The zero-order valence-corrected chi connectivity index (χ0v) is 11.5. The van der Waals surface area contributed by atoms with Crippen LogP contribution in [0, 0.1) is 5.41 Å². The molecular weight excluding hydrogens is 245 g/mol. The number of esters is 1. The molecule has 0 N–H and O–H groups in total. The van der Waals surface area contributed by atoms with E-state index in [-0.39, 0.29) is 11.8 Å². The van der Waals surface area contributed by atoms with Crippen molar-refractivity contribution in [2.75, 3.05) is 20.2 Å².